The number of esters is 1. The molecule has 0 aliphatic rings. The summed E-state index contributed by atoms with van der Waals surface area (Å²) in [7, 11) is 0. The van der Waals surface area contributed by atoms with Gasteiger partial charge in [-0.1, -0.05) is 24.7 Å². The van der Waals surface area contributed by atoms with Gasteiger partial charge in [-0.3, -0.25) is 9.59 Å². The van der Waals surface area contributed by atoms with Gasteiger partial charge in [0.15, 0.2) is 0 Å². The Morgan fingerprint density at radius 2 is 1.97 bits per heavy atom. The Morgan fingerprint density at radius 3 is 2.69 bits per heavy atom. The van der Waals surface area contributed by atoms with Gasteiger partial charge in [0.1, 0.15) is 11.6 Å². The molecule has 0 spiro atoms. The third kappa shape index (κ3) is 6.44. The number of aromatic nitrogens is 3. The number of carbonyl (C=O) groups is 2. The average Bonchev–Trinajstić information content (AvgIpc) is 3.20. The van der Waals surface area contributed by atoms with Crippen molar-refractivity contribution in [3.63, 3.8) is 0 Å². The number of fused-ring (bicyclic) bond motifs is 1. The minimum atomic E-state index is -0.544. The lowest BCUT2D eigenvalue weighted by atomic mass is 10.2. The van der Waals surface area contributed by atoms with Gasteiger partial charge in [0.2, 0.25) is 10.9 Å². The van der Waals surface area contributed by atoms with Crippen molar-refractivity contribution in [2.45, 2.75) is 46.1 Å². The van der Waals surface area contributed by atoms with Crippen molar-refractivity contribution in [1.82, 2.24) is 14.6 Å². The average molecular weight is 459 g/mol. The molecule has 0 unspecified atom stereocenters. The van der Waals surface area contributed by atoms with Gasteiger partial charge in [-0.15, -0.1) is 0 Å². The second-order valence-corrected chi connectivity index (χ2v) is 8.07. The molecule has 0 bridgehead atoms. The maximum Gasteiger partial charge on any atom is 0.338 e. The van der Waals surface area contributed by atoms with Gasteiger partial charge in [-0.05, 0) is 37.6 Å². The number of anilines is 1. The van der Waals surface area contributed by atoms with Crippen molar-refractivity contribution in [1.29, 1.82) is 0 Å². The van der Waals surface area contributed by atoms with Crippen LogP contribution in [0.5, 0.6) is 0 Å². The predicted molar refractivity (Wildman–Crippen MR) is 121 cm³/mol. The van der Waals surface area contributed by atoms with E-state index in [4.69, 9.17) is 9.47 Å². The number of benzene rings is 1. The van der Waals surface area contributed by atoms with Gasteiger partial charge in [0.05, 0.1) is 17.9 Å². The van der Waals surface area contributed by atoms with Gasteiger partial charge in [-0.2, -0.15) is 9.61 Å². The molecule has 0 aliphatic heterocycles. The van der Waals surface area contributed by atoms with E-state index in [9.17, 15) is 14.4 Å². The maximum absolute atomic E-state index is 12.3. The van der Waals surface area contributed by atoms with E-state index in [0.29, 0.717) is 48.0 Å². The Balaban J connectivity index is 1.59. The summed E-state index contributed by atoms with van der Waals surface area (Å²) in [6, 6.07) is 7.77. The minimum absolute atomic E-state index is 0.0564. The molecule has 0 aliphatic carbocycles. The number of ether oxygens (including phenoxy) is 2. The number of nitrogens with zero attached hydrogens (tertiary/aromatic N) is 3. The highest BCUT2D eigenvalue weighted by molar-refractivity contribution is 7.16. The molecule has 9 nitrogen and oxygen atoms in total. The van der Waals surface area contributed by atoms with Crippen LogP contribution in [-0.2, 0) is 27.3 Å². The van der Waals surface area contributed by atoms with Crippen LogP contribution in [0.1, 0.15) is 54.2 Å². The fraction of sp³-hybridized carbons (Fsp3) is 0.409. The molecular weight excluding hydrogens is 432 g/mol. The third-order valence-electron chi connectivity index (χ3n) is 4.52. The SMILES string of the molecule is CCCCC(=O)Nc1ccc(C(=O)OCc2cc(=O)n3nc(CCOCC)sc3n2)cc1. The highest BCUT2D eigenvalue weighted by Gasteiger charge is 2.12. The van der Waals surface area contributed by atoms with Crippen LogP contribution in [0.3, 0.4) is 0 Å². The van der Waals surface area contributed by atoms with E-state index in [1.807, 2.05) is 13.8 Å². The van der Waals surface area contributed by atoms with Crippen LogP contribution in [0, 0.1) is 0 Å². The Morgan fingerprint density at radius 1 is 1.19 bits per heavy atom. The van der Waals surface area contributed by atoms with Crippen LogP contribution in [0.4, 0.5) is 5.69 Å². The number of nitrogens with one attached hydrogen (secondary N) is 1. The lowest BCUT2D eigenvalue weighted by molar-refractivity contribution is -0.116. The van der Waals surface area contributed by atoms with Gasteiger partial charge < -0.3 is 14.8 Å². The van der Waals surface area contributed by atoms with E-state index in [2.05, 4.69) is 15.4 Å². The topological polar surface area (TPSA) is 112 Å². The largest absolute Gasteiger partial charge is 0.456 e. The Labute approximate surface area is 189 Å². The van der Waals surface area contributed by atoms with Gasteiger partial charge in [0, 0.05) is 31.2 Å². The first-order chi connectivity index (χ1) is 15.5. The highest BCUT2D eigenvalue weighted by Crippen LogP contribution is 2.14. The first-order valence-corrected chi connectivity index (χ1v) is 11.3. The summed E-state index contributed by atoms with van der Waals surface area (Å²) < 4.78 is 11.9. The first-order valence-electron chi connectivity index (χ1n) is 10.5. The molecule has 2 heterocycles. The fourth-order valence-electron chi connectivity index (χ4n) is 2.85. The monoisotopic (exact) mass is 458 g/mol. The number of hydrogen-bond acceptors (Lipinski definition) is 8. The molecule has 0 saturated carbocycles. The molecule has 0 radical (unpaired) electrons. The Kier molecular flexibility index (Phi) is 8.46. The molecule has 1 aromatic carbocycles. The van der Waals surface area contributed by atoms with E-state index in [1.165, 1.54) is 21.9 Å². The number of rotatable bonds is 11. The van der Waals surface area contributed by atoms with Gasteiger partial charge in [-0.25, -0.2) is 9.78 Å². The minimum Gasteiger partial charge on any atom is -0.456 e. The second kappa shape index (κ2) is 11.5. The van der Waals surface area contributed by atoms with E-state index in [1.54, 1.807) is 24.3 Å². The van der Waals surface area contributed by atoms with E-state index in [0.717, 1.165) is 17.8 Å². The third-order valence-corrected chi connectivity index (χ3v) is 5.49. The molecule has 3 aromatic rings. The molecule has 32 heavy (non-hydrogen) atoms. The summed E-state index contributed by atoms with van der Waals surface area (Å²) in [5.74, 6) is -0.600. The summed E-state index contributed by atoms with van der Waals surface area (Å²) in [6.07, 6.45) is 2.84. The summed E-state index contributed by atoms with van der Waals surface area (Å²) in [5, 5.41) is 7.80. The molecule has 0 fully saturated rings. The summed E-state index contributed by atoms with van der Waals surface area (Å²) in [4.78, 5) is 41.3. The number of unbranched alkanes of at least 4 members (excludes halogenated alkanes) is 1. The van der Waals surface area contributed by atoms with Crippen molar-refractivity contribution < 1.29 is 19.1 Å². The smallest absolute Gasteiger partial charge is 0.338 e. The zero-order chi connectivity index (χ0) is 22.9. The van der Waals surface area contributed by atoms with Crippen LogP contribution < -0.4 is 10.9 Å². The quantitative estimate of drug-likeness (QED) is 0.347. The molecule has 1 amide bonds. The van der Waals surface area contributed by atoms with Gasteiger partial charge in [0.25, 0.3) is 5.56 Å². The molecule has 0 saturated heterocycles. The lowest BCUT2D eigenvalue weighted by Crippen LogP contribution is -2.17. The van der Waals surface area contributed by atoms with E-state index >= 15 is 0 Å². The van der Waals surface area contributed by atoms with Crippen molar-refractivity contribution in [2.75, 3.05) is 18.5 Å². The second-order valence-electron chi connectivity index (χ2n) is 7.03. The van der Waals surface area contributed by atoms with E-state index in [-0.39, 0.29) is 18.1 Å². The number of amides is 1. The normalized spacial score (nSPS) is 10.9. The van der Waals surface area contributed by atoms with Crippen LogP contribution in [-0.4, -0.2) is 39.7 Å². The molecule has 2 aromatic heterocycles. The number of hydrogen-bond donors (Lipinski definition) is 1. The summed E-state index contributed by atoms with van der Waals surface area (Å²) in [5.41, 5.74) is 0.977. The number of carbonyl (C=O) groups excluding carboxylic acids is 2. The predicted octanol–water partition coefficient (Wildman–Crippen LogP) is 3.22. The highest BCUT2D eigenvalue weighted by atomic mass is 32.1. The van der Waals surface area contributed by atoms with Crippen molar-refractivity contribution >= 4 is 33.9 Å². The Bertz CT molecular complexity index is 1120. The van der Waals surface area contributed by atoms with Crippen molar-refractivity contribution in [2.24, 2.45) is 0 Å². The zero-order valence-electron chi connectivity index (χ0n) is 18.1. The van der Waals surface area contributed by atoms with Crippen LogP contribution in [0.2, 0.25) is 0 Å². The molecule has 170 valence electrons. The fourth-order valence-corrected chi connectivity index (χ4v) is 3.75. The molecule has 10 heteroatoms. The van der Waals surface area contributed by atoms with Crippen LogP contribution >= 0.6 is 11.3 Å². The molecule has 0 atom stereocenters. The van der Waals surface area contributed by atoms with Crippen LogP contribution in [0.15, 0.2) is 35.1 Å². The van der Waals surface area contributed by atoms with Gasteiger partial charge >= 0.3 is 5.97 Å². The summed E-state index contributed by atoms with van der Waals surface area (Å²) >= 11 is 1.30. The van der Waals surface area contributed by atoms with Crippen molar-refractivity contribution in [3.05, 3.63) is 57.0 Å². The maximum atomic E-state index is 12.3. The molecule has 1 N–H and O–H groups in total. The Hall–Kier alpha value is -3.11. The van der Waals surface area contributed by atoms with Crippen LogP contribution in [0.25, 0.3) is 4.96 Å². The summed E-state index contributed by atoms with van der Waals surface area (Å²) in [6.45, 7) is 4.95. The lowest BCUT2D eigenvalue weighted by Gasteiger charge is -2.07. The molecule has 3 rings (SSSR count). The standard InChI is InChI=1S/C22H26N4O5S/c1-3-5-6-18(27)23-16-9-7-15(8-10-16)21(29)31-14-17-13-20(28)26-22(24-17)32-19(25-26)11-12-30-4-2/h7-10,13H,3-6,11-12,14H2,1-2H3,(H,23,27). The first kappa shape index (κ1) is 23.6. The van der Waals surface area contributed by atoms with E-state index < -0.39 is 5.97 Å². The zero-order valence-corrected chi connectivity index (χ0v) is 18.9. The molecular formula is C22H26N4O5S. The van der Waals surface area contributed by atoms with Crippen molar-refractivity contribution in [3.8, 4) is 0 Å².